The Balaban J connectivity index is 0. The van der Waals surface area contributed by atoms with Gasteiger partial charge in [0.05, 0.1) is 18.5 Å². The van der Waals surface area contributed by atoms with Crippen LogP contribution in [0.4, 0.5) is 0 Å². The number of carboxylic acids is 4. The fourth-order valence-corrected chi connectivity index (χ4v) is 4.11. The van der Waals surface area contributed by atoms with Gasteiger partial charge in [-0.15, -0.1) is 0 Å². The first kappa shape index (κ1) is 28.0. The number of nitrogens with two attached hydrogens (primary N) is 2. The molecule has 1 aliphatic rings. The van der Waals surface area contributed by atoms with E-state index in [0.717, 1.165) is 0 Å². The summed E-state index contributed by atoms with van der Waals surface area (Å²) in [6.45, 7) is 0. The summed E-state index contributed by atoms with van der Waals surface area (Å²) in [5, 5.41) is 41.0. The third-order valence-corrected chi connectivity index (χ3v) is 5.02. The molecule has 0 atom stereocenters. The molecule has 1 fully saturated rings. The summed E-state index contributed by atoms with van der Waals surface area (Å²) in [6, 6.07) is 0. The fraction of sp³-hybridized carbons (Fsp3) is 0.714. The summed E-state index contributed by atoms with van der Waals surface area (Å²) < 4.78 is 0. The molecule has 6 N–H and O–H groups in total. The predicted molar refractivity (Wildman–Crippen MR) is 73.6 cm³/mol. The largest absolute Gasteiger partial charge is 1.00 e. The number of hydrogen-bond acceptors (Lipinski definition) is 8. The molecule has 0 aromatic heterocycles. The van der Waals surface area contributed by atoms with Gasteiger partial charge in [-0.2, -0.15) is 0 Å². The van der Waals surface area contributed by atoms with Crippen molar-refractivity contribution >= 4 is 23.9 Å². The molecular weight excluding hydrogens is 370 g/mol. The Morgan fingerprint density at radius 1 is 0.808 bits per heavy atom. The van der Waals surface area contributed by atoms with Gasteiger partial charge in [0, 0.05) is 22.8 Å². The molecule has 1 rings (SSSR count). The topological polar surface area (TPSA) is 207 Å². The molecule has 136 valence electrons. The normalized spacial score (nSPS) is 19.3. The quantitative estimate of drug-likeness (QED) is 0.227. The van der Waals surface area contributed by atoms with E-state index >= 15 is 0 Å². The average molecular weight is 390 g/mol. The van der Waals surface area contributed by atoms with Gasteiger partial charge in [0.2, 0.25) is 0 Å². The van der Waals surface area contributed by atoms with Gasteiger partial charge in [-0.05, 0) is 32.1 Å². The van der Waals surface area contributed by atoms with Gasteiger partial charge >= 0.3 is 71.1 Å². The van der Waals surface area contributed by atoms with Crippen molar-refractivity contribution in [1.82, 2.24) is 0 Å². The van der Waals surface area contributed by atoms with Crippen LogP contribution in [0.2, 0.25) is 0 Å². The molecule has 0 radical (unpaired) electrons. The Morgan fingerprint density at radius 2 is 1.19 bits per heavy atom. The summed E-state index contributed by atoms with van der Waals surface area (Å²) in [6.07, 6.45) is -3.32. The number of carboxylic acid groups (broad SMARTS) is 4. The molecule has 26 heavy (non-hydrogen) atoms. The molecule has 0 aromatic carbocycles. The van der Waals surface area contributed by atoms with E-state index in [-0.39, 0.29) is 78.4 Å². The molecule has 0 amide bonds. The van der Waals surface area contributed by atoms with E-state index in [1.54, 1.807) is 0 Å². The van der Waals surface area contributed by atoms with Crippen LogP contribution in [-0.2, 0) is 19.2 Å². The number of aliphatic carboxylic acids is 4. The first-order valence-corrected chi connectivity index (χ1v) is 7.28. The summed E-state index contributed by atoms with van der Waals surface area (Å²) in [4.78, 5) is 45.2. The monoisotopic (exact) mass is 390 g/mol. The summed E-state index contributed by atoms with van der Waals surface area (Å²) in [5.74, 6) is -6.21. The number of rotatable bonds is 8. The van der Waals surface area contributed by atoms with E-state index in [9.17, 15) is 39.6 Å². The Hall–Kier alpha value is -0.200. The summed E-state index contributed by atoms with van der Waals surface area (Å²) >= 11 is 0. The first-order valence-electron chi connectivity index (χ1n) is 7.28. The van der Waals surface area contributed by atoms with Crippen molar-refractivity contribution in [2.45, 2.75) is 50.6 Å². The fourth-order valence-electron chi connectivity index (χ4n) is 4.11. The standard InChI is InChI=1S/C14H22N2O8.2Na/c15-14(16)3-1-2-12(4-8(17)18,5-9(19)20)13(14,6-10(21)22)7-11(23)24;;/h1-7,15-16H2,(H,17,18)(H,19,20)(H,21,22)(H,23,24);;/q;2*+1/p-2. The molecule has 0 spiro atoms. The van der Waals surface area contributed by atoms with Crippen molar-refractivity contribution in [3.8, 4) is 0 Å². The molecule has 0 bridgehead atoms. The second kappa shape index (κ2) is 10.4. The number of hydrogen-bond donors (Lipinski definition) is 4. The molecule has 0 unspecified atom stereocenters. The van der Waals surface area contributed by atoms with E-state index in [4.69, 9.17) is 11.5 Å². The van der Waals surface area contributed by atoms with Crippen LogP contribution < -0.4 is 80.8 Å². The van der Waals surface area contributed by atoms with Crippen LogP contribution in [0, 0.1) is 10.8 Å². The minimum absolute atomic E-state index is 0. The van der Waals surface area contributed by atoms with Gasteiger partial charge in [0.15, 0.2) is 0 Å². The molecule has 0 aliphatic heterocycles. The minimum Gasteiger partial charge on any atom is -0.550 e. The molecule has 12 heteroatoms. The van der Waals surface area contributed by atoms with Crippen molar-refractivity contribution in [3.05, 3.63) is 0 Å². The van der Waals surface area contributed by atoms with Gasteiger partial charge in [-0.3, -0.25) is 9.59 Å². The van der Waals surface area contributed by atoms with E-state index in [2.05, 4.69) is 0 Å². The third kappa shape index (κ3) is 5.90. The van der Waals surface area contributed by atoms with Crippen molar-refractivity contribution in [1.29, 1.82) is 0 Å². The van der Waals surface area contributed by atoms with Gasteiger partial charge in [0.25, 0.3) is 0 Å². The molecular formula is C14H20N2Na2O8. The Morgan fingerprint density at radius 3 is 1.50 bits per heavy atom. The molecule has 1 saturated carbocycles. The van der Waals surface area contributed by atoms with Crippen molar-refractivity contribution < 1.29 is 98.7 Å². The molecule has 10 nitrogen and oxygen atoms in total. The first-order chi connectivity index (χ1) is 10.9. The van der Waals surface area contributed by atoms with Gasteiger partial charge in [-0.1, -0.05) is 0 Å². The number of carbonyl (C=O) groups is 4. The van der Waals surface area contributed by atoms with Crippen LogP contribution in [0.3, 0.4) is 0 Å². The smallest absolute Gasteiger partial charge is 0.550 e. The predicted octanol–water partition coefficient (Wildman–Crippen LogP) is -9.01. The zero-order valence-electron chi connectivity index (χ0n) is 14.9. The maximum absolute atomic E-state index is 11.3. The second-order valence-electron chi connectivity index (χ2n) is 6.49. The second-order valence-corrected chi connectivity index (χ2v) is 6.49. The maximum Gasteiger partial charge on any atom is 1.00 e. The molecule has 0 aromatic rings. The Bertz CT molecular complexity index is 535. The summed E-state index contributed by atoms with van der Waals surface area (Å²) in [7, 11) is 0. The zero-order chi connectivity index (χ0) is 18.8. The third-order valence-electron chi connectivity index (χ3n) is 5.02. The van der Waals surface area contributed by atoms with Crippen LogP contribution in [0.25, 0.3) is 0 Å². The van der Waals surface area contributed by atoms with Crippen LogP contribution in [0.15, 0.2) is 0 Å². The summed E-state index contributed by atoms with van der Waals surface area (Å²) in [5.41, 5.74) is 6.28. The van der Waals surface area contributed by atoms with Crippen molar-refractivity contribution in [2.75, 3.05) is 0 Å². The number of carbonyl (C=O) groups excluding carboxylic acids is 2. The van der Waals surface area contributed by atoms with E-state index in [1.165, 1.54) is 0 Å². The molecule has 1 aliphatic carbocycles. The maximum atomic E-state index is 11.3. The average Bonchev–Trinajstić information content (AvgIpc) is 2.32. The molecule has 0 heterocycles. The van der Waals surface area contributed by atoms with Gasteiger partial charge in [0.1, 0.15) is 0 Å². The van der Waals surface area contributed by atoms with E-state index < -0.39 is 66.1 Å². The minimum atomic E-state index is -2.04. The molecule has 0 saturated heterocycles. The van der Waals surface area contributed by atoms with Crippen LogP contribution in [-0.4, -0.2) is 39.8 Å². The van der Waals surface area contributed by atoms with Crippen molar-refractivity contribution in [3.63, 3.8) is 0 Å². The van der Waals surface area contributed by atoms with Crippen LogP contribution in [0.5, 0.6) is 0 Å². The Kier molecular flexibility index (Phi) is 11.2. The van der Waals surface area contributed by atoms with Gasteiger partial charge < -0.3 is 41.5 Å². The van der Waals surface area contributed by atoms with Crippen LogP contribution >= 0.6 is 0 Å². The Labute approximate surface area is 194 Å². The zero-order valence-corrected chi connectivity index (χ0v) is 18.9. The van der Waals surface area contributed by atoms with Gasteiger partial charge in [-0.25, -0.2) is 0 Å². The SMILES string of the molecule is NC1(N)CCCC(CC(=O)O)(CC(=O)O)C1(CC(=O)[O-])CC(=O)[O-].[Na+].[Na+]. The van der Waals surface area contributed by atoms with E-state index in [1.807, 2.05) is 0 Å². The van der Waals surface area contributed by atoms with E-state index in [0.29, 0.717) is 0 Å². The van der Waals surface area contributed by atoms with Crippen molar-refractivity contribution in [2.24, 2.45) is 22.3 Å². The van der Waals surface area contributed by atoms with Crippen LogP contribution in [0.1, 0.15) is 44.9 Å².